The molecule has 2 aromatic carbocycles. The second-order valence-electron chi connectivity index (χ2n) is 8.14. The van der Waals surface area contributed by atoms with Gasteiger partial charge in [0.25, 0.3) is 5.91 Å². The summed E-state index contributed by atoms with van der Waals surface area (Å²) >= 11 is 6.10. The van der Waals surface area contributed by atoms with Crippen LogP contribution in [-0.2, 0) is 11.3 Å². The first-order valence-electron chi connectivity index (χ1n) is 11.0. The van der Waals surface area contributed by atoms with E-state index in [9.17, 15) is 4.79 Å². The summed E-state index contributed by atoms with van der Waals surface area (Å²) < 4.78 is 11.4. The van der Waals surface area contributed by atoms with Gasteiger partial charge in [0.05, 0.1) is 19.2 Å². The molecule has 1 fully saturated rings. The van der Waals surface area contributed by atoms with Crippen LogP contribution in [0.5, 0.6) is 5.75 Å². The van der Waals surface area contributed by atoms with Crippen LogP contribution < -0.4 is 10.2 Å². The van der Waals surface area contributed by atoms with Crippen LogP contribution >= 0.6 is 11.6 Å². The van der Waals surface area contributed by atoms with Crippen molar-refractivity contribution in [3.63, 3.8) is 0 Å². The predicted octanol–water partition coefficient (Wildman–Crippen LogP) is 4.84. The first-order valence-corrected chi connectivity index (χ1v) is 11.4. The Hall–Kier alpha value is -3.29. The van der Waals surface area contributed by atoms with E-state index in [1.807, 2.05) is 67.5 Å². The summed E-state index contributed by atoms with van der Waals surface area (Å²) in [6, 6.07) is 15.2. The molecule has 1 amide bonds. The van der Waals surface area contributed by atoms with Crippen LogP contribution in [-0.4, -0.2) is 33.4 Å². The van der Waals surface area contributed by atoms with Gasteiger partial charge in [0.15, 0.2) is 0 Å². The molecule has 2 aliphatic heterocycles. The molecule has 2 aliphatic rings. The maximum Gasteiger partial charge on any atom is 0.251 e. The van der Waals surface area contributed by atoms with Crippen molar-refractivity contribution >= 4 is 17.5 Å². The van der Waals surface area contributed by atoms with Crippen molar-refractivity contribution in [1.29, 1.82) is 0 Å². The summed E-state index contributed by atoms with van der Waals surface area (Å²) in [5, 5.41) is 2.52. The summed E-state index contributed by atoms with van der Waals surface area (Å²) in [4.78, 5) is 19.6. The molecule has 3 aromatic rings. The van der Waals surface area contributed by atoms with Gasteiger partial charge in [-0.15, -0.1) is 0 Å². The summed E-state index contributed by atoms with van der Waals surface area (Å²) in [6.07, 6.45) is 4.38. The summed E-state index contributed by atoms with van der Waals surface area (Å²) in [7, 11) is 0. The highest BCUT2D eigenvalue weighted by Crippen LogP contribution is 2.32. The van der Waals surface area contributed by atoms with Crippen molar-refractivity contribution in [2.75, 3.05) is 6.61 Å². The van der Waals surface area contributed by atoms with E-state index < -0.39 is 0 Å². The Morgan fingerprint density at radius 1 is 1.21 bits per heavy atom. The van der Waals surface area contributed by atoms with E-state index in [0.717, 1.165) is 22.6 Å². The predicted molar refractivity (Wildman–Crippen MR) is 125 cm³/mol. The minimum absolute atomic E-state index is 0.0325. The van der Waals surface area contributed by atoms with Crippen molar-refractivity contribution in [2.24, 2.45) is 0 Å². The van der Waals surface area contributed by atoms with Crippen molar-refractivity contribution < 1.29 is 13.9 Å². The van der Waals surface area contributed by atoms with Crippen LogP contribution in [0.15, 0.2) is 65.3 Å². The Balaban J connectivity index is 1.28. The summed E-state index contributed by atoms with van der Waals surface area (Å²) in [5.41, 5.74) is 6.09. The minimum Gasteiger partial charge on any atom is -0.494 e. The van der Waals surface area contributed by atoms with Crippen molar-refractivity contribution in [2.45, 2.75) is 38.9 Å². The fraction of sp³-hybridized carbons (Fsp3) is 0.280. The van der Waals surface area contributed by atoms with Gasteiger partial charge in [-0.25, -0.2) is 10.4 Å². The summed E-state index contributed by atoms with van der Waals surface area (Å²) in [6.45, 7) is 4.81. The Morgan fingerprint density at radius 2 is 2.03 bits per heavy atom. The van der Waals surface area contributed by atoms with Crippen LogP contribution in [0.1, 0.15) is 36.4 Å². The van der Waals surface area contributed by atoms with E-state index in [2.05, 4.69) is 10.4 Å². The van der Waals surface area contributed by atoms with Gasteiger partial charge < -0.3 is 19.1 Å². The van der Waals surface area contributed by atoms with Gasteiger partial charge in [0.1, 0.15) is 23.2 Å². The molecule has 1 aromatic heterocycles. The minimum atomic E-state index is -0.272. The number of hydrogen-bond acceptors (Lipinski definition) is 6. The number of hydrazine groups is 1. The average Bonchev–Trinajstić information content (AvgIpc) is 3.41. The third kappa shape index (κ3) is 4.34. The van der Waals surface area contributed by atoms with E-state index in [1.165, 1.54) is 0 Å². The number of fused-ring (bicyclic) bond motifs is 1. The number of carbonyl (C=O) groups is 1. The van der Waals surface area contributed by atoms with E-state index in [0.29, 0.717) is 36.2 Å². The molecule has 170 valence electrons. The molecule has 5 rings (SSSR count). The van der Waals surface area contributed by atoms with E-state index in [1.54, 1.807) is 17.2 Å². The number of aryl methyl sites for hydroxylation is 1. The van der Waals surface area contributed by atoms with Crippen molar-refractivity contribution in [3.05, 3.63) is 83.0 Å². The maximum atomic E-state index is 13.3. The largest absolute Gasteiger partial charge is 0.494 e. The number of carbonyl (C=O) groups excluding carboxylic acids is 1. The molecule has 0 spiro atoms. The Bertz CT molecular complexity index is 1190. The molecule has 33 heavy (non-hydrogen) atoms. The van der Waals surface area contributed by atoms with Gasteiger partial charge in [0, 0.05) is 23.0 Å². The molecule has 7 nitrogen and oxygen atoms in total. The highest BCUT2D eigenvalue weighted by Gasteiger charge is 2.40. The first kappa shape index (κ1) is 21.6. The molecule has 0 bridgehead atoms. The summed E-state index contributed by atoms with van der Waals surface area (Å²) in [5.74, 6) is 2.06. The van der Waals surface area contributed by atoms with E-state index >= 15 is 0 Å². The lowest BCUT2D eigenvalue weighted by Crippen LogP contribution is -2.47. The molecule has 2 atom stereocenters. The maximum absolute atomic E-state index is 13.3. The standard InChI is InChI=1S/C25H25ClN4O3/c1-3-32-20-9-7-17(8-10-20)21-14-23-25(31)29(11-12-30(23)28-21)15-22-16(2)33-24(27-22)18-5-4-6-19(26)13-18/h4-13,21,23,28H,3,14-15H2,1-2H3. The molecule has 0 radical (unpaired) electrons. The second kappa shape index (κ2) is 8.92. The third-order valence-corrected chi connectivity index (χ3v) is 6.19. The zero-order valence-corrected chi connectivity index (χ0v) is 19.2. The molecule has 1 saturated heterocycles. The topological polar surface area (TPSA) is 70.8 Å². The lowest BCUT2D eigenvalue weighted by atomic mass is 10.0. The smallest absolute Gasteiger partial charge is 0.251 e. The number of ether oxygens (including phenoxy) is 1. The number of nitrogens with one attached hydrogen (secondary N) is 1. The molecular formula is C25H25ClN4O3. The molecule has 3 heterocycles. The van der Waals surface area contributed by atoms with Crippen LogP contribution in [0.4, 0.5) is 0 Å². The zero-order valence-electron chi connectivity index (χ0n) is 18.5. The lowest BCUT2D eigenvalue weighted by Gasteiger charge is -2.31. The quantitative estimate of drug-likeness (QED) is 0.563. The Morgan fingerprint density at radius 3 is 2.79 bits per heavy atom. The van der Waals surface area contributed by atoms with Crippen molar-refractivity contribution in [1.82, 2.24) is 20.3 Å². The highest BCUT2D eigenvalue weighted by atomic mass is 35.5. The molecule has 0 saturated carbocycles. The normalized spacial score (nSPS) is 19.8. The fourth-order valence-corrected chi connectivity index (χ4v) is 4.42. The second-order valence-corrected chi connectivity index (χ2v) is 8.58. The van der Waals surface area contributed by atoms with Crippen LogP contribution in [0.25, 0.3) is 11.5 Å². The highest BCUT2D eigenvalue weighted by molar-refractivity contribution is 6.30. The molecule has 0 aliphatic carbocycles. The van der Waals surface area contributed by atoms with Gasteiger partial charge in [-0.05, 0) is 56.2 Å². The number of rotatable bonds is 6. The molecular weight excluding hydrogens is 440 g/mol. The van der Waals surface area contributed by atoms with Gasteiger partial charge in [-0.3, -0.25) is 4.79 Å². The van der Waals surface area contributed by atoms with Gasteiger partial charge in [0.2, 0.25) is 5.89 Å². The Kier molecular flexibility index (Phi) is 5.83. The van der Waals surface area contributed by atoms with E-state index in [4.69, 9.17) is 20.8 Å². The first-order chi connectivity index (χ1) is 16.0. The third-order valence-electron chi connectivity index (χ3n) is 5.95. The van der Waals surface area contributed by atoms with Crippen molar-refractivity contribution in [3.8, 4) is 17.2 Å². The number of benzene rings is 2. The van der Waals surface area contributed by atoms with Crippen LogP contribution in [0.3, 0.4) is 0 Å². The van der Waals surface area contributed by atoms with E-state index in [-0.39, 0.29) is 18.0 Å². The lowest BCUT2D eigenvalue weighted by molar-refractivity contribution is -0.135. The number of amides is 1. The number of aromatic nitrogens is 1. The van der Waals surface area contributed by atoms with Gasteiger partial charge in [-0.1, -0.05) is 29.8 Å². The van der Waals surface area contributed by atoms with Crippen LogP contribution in [0.2, 0.25) is 5.02 Å². The molecule has 2 unspecified atom stereocenters. The van der Waals surface area contributed by atoms with Gasteiger partial charge in [-0.2, -0.15) is 0 Å². The fourth-order valence-electron chi connectivity index (χ4n) is 4.23. The molecule has 1 N–H and O–H groups in total. The number of oxazole rings is 1. The number of hydrogen-bond donors (Lipinski definition) is 1. The zero-order chi connectivity index (χ0) is 22.9. The monoisotopic (exact) mass is 464 g/mol. The Labute approximate surface area is 197 Å². The number of nitrogens with zero attached hydrogens (tertiary/aromatic N) is 3. The van der Waals surface area contributed by atoms with Gasteiger partial charge >= 0.3 is 0 Å². The molecule has 8 heteroatoms. The SMILES string of the molecule is CCOc1ccc(C2CC3C(=O)N(Cc4nc(-c5cccc(Cl)c5)oc4C)C=CN3N2)cc1. The number of halogens is 1. The average molecular weight is 465 g/mol. The van der Waals surface area contributed by atoms with Crippen LogP contribution in [0, 0.1) is 6.92 Å².